The summed E-state index contributed by atoms with van der Waals surface area (Å²) in [5.74, 6) is -4.11. The Morgan fingerprint density at radius 1 is 0.909 bits per heavy atom. The van der Waals surface area contributed by atoms with Gasteiger partial charge in [0, 0.05) is 26.2 Å². The summed E-state index contributed by atoms with van der Waals surface area (Å²) in [6, 6.07) is 0. The van der Waals surface area contributed by atoms with Crippen LogP contribution in [0, 0.1) is 5.92 Å². The number of hydrogen-bond donors (Lipinski definition) is 0. The van der Waals surface area contributed by atoms with Gasteiger partial charge in [0.05, 0.1) is 25.9 Å². The normalized spacial score (nSPS) is 25.1. The summed E-state index contributed by atoms with van der Waals surface area (Å²) in [4.78, 5) is 47.4. The number of hydrogen-bond acceptors (Lipinski definition) is 10. The van der Waals surface area contributed by atoms with Crippen LogP contribution in [0.25, 0.3) is 0 Å². The van der Waals surface area contributed by atoms with E-state index in [0.29, 0.717) is 6.42 Å². The van der Waals surface area contributed by atoms with Gasteiger partial charge < -0.3 is 28.4 Å². The highest BCUT2D eigenvalue weighted by Crippen LogP contribution is 2.33. The van der Waals surface area contributed by atoms with E-state index in [9.17, 15) is 19.2 Å². The van der Waals surface area contributed by atoms with Crippen molar-refractivity contribution in [1.29, 1.82) is 0 Å². The molecular weight excluding hydrogens is 443 g/mol. The lowest BCUT2D eigenvalue weighted by Crippen LogP contribution is -2.57. The molecule has 0 aromatic heterocycles. The van der Waals surface area contributed by atoms with Crippen LogP contribution in [0.15, 0.2) is 0 Å². The maximum atomic E-state index is 15.2. The van der Waals surface area contributed by atoms with Crippen molar-refractivity contribution < 1.29 is 52.0 Å². The van der Waals surface area contributed by atoms with Crippen LogP contribution in [0.3, 0.4) is 0 Å². The number of esters is 4. The third-order valence-corrected chi connectivity index (χ3v) is 5.16. The van der Waals surface area contributed by atoms with E-state index in [4.69, 9.17) is 18.9 Å². The topological polar surface area (TPSA) is 124 Å². The minimum atomic E-state index is -2.97. The molecule has 0 amide bonds. The number of carbonyl (C=O) groups is 4. The van der Waals surface area contributed by atoms with Crippen molar-refractivity contribution in [3.05, 3.63) is 0 Å². The molecule has 11 heteroatoms. The fraction of sp³-hybridized carbons (Fsp3) is 0.818. The summed E-state index contributed by atoms with van der Waals surface area (Å²) in [6.07, 6.45) is -3.36. The minimum absolute atomic E-state index is 0.0780. The van der Waals surface area contributed by atoms with Crippen LogP contribution >= 0.6 is 0 Å². The molecule has 10 nitrogen and oxygen atoms in total. The Balaban J connectivity index is 2.93. The zero-order valence-corrected chi connectivity index (χ0v) is 20.1. The van der Waals surface area contributed by atoms with Crippen LogP contribution in [-0.2, 0) is 47.6 Å². The maximum absolute atomic E-state index is 15.2. The van der Waals surface area contributed by atoms with Crippen molar-refractivity contribution in [1.82, 2.24) is 0 Å². The average Bonchev–Trinajstić information content (AvgIpc) is 2.74. The van der Waals surface area contributed by atoms with Crippen LogP contribution in [0.5, 0.6) is 0 Å². The first-order chi connectivity index (χ1) is 15.5. The Kier molecular flexibility index (Phi) is 11.7. The highest BCUT2D eigenvalue weighted by molar-refractivity contribution is 6.03. The molecule has 0 aliphatic carbocycles. The molecule has 0 saturated carbocycles. The first-order valence-electron chi connectivity index (χ1n) is 11.2. The van der Waals surface area contributed by atoms with E-state index in [1.54, 1.807) is 0 Å². The van der Waals surface area contributed by atoms with E-state index in [2.05, 4.69) is 9.47 Å². The van der Waals surface area contributed by atoms with Gasteiger partial charge >= 0.3 is 29.5 Å². The van der Waals surface area contributed by atoms with Crippen LogP contribution in [-0.4, -0.2) is 74.0 Å². The van der Waals surface area contributed by atoms with Crippen molar-refractivity contribution in [3.63, 3.8) is 0 Å². The fourth-order valence-corrected chi connectivity index (χ4v) is 3.62. The Labute approximate surface area is 193 Å². The van der Waals surface area contributed by atoms with Gasteiger partial charge in [0.2, 0.25) is 0 Å². The second-order valence-electron chi connectivity index (χ2n) is 7.67. The van der Waals surface area contributed by atoms with Gasteiger partial charge in [0.15, 0.2) is 12.4 Å². The van der Waals surface area contributed by atoms with E-state index >= 15 is 4.39 Å². The van der Waals surface area contributed by atoms with Gasteiger partial charge in [-0.05, 0) is 26.7 Å². The fourth-order valence-electron chi connectivity index (χ4n) is 3.62. The zero-order chi connectivity index (χ0) is 25.2. The van der Waals surface area contributed by atoms with Crippen LogP contribution in [0.4, 0.5) is 4.39 Å². The van der Waals surface area contributed by atoms with E-state index in [0.717, 1.165) is 0 Å². The standard InChI is InChI=1S/C22H35FO10/c1-7-16-13(4)17(31-14(5)24)18(32-15(6)25)19(33-16)30-12-10-11-22(23,20(26)28-8-2)21(27)29-9-3/h13,16-19H,7-12H2,1-6H3/t13-,16-,17+,18+,19?/m1/s1. The van der Waals surface area contributed by atoms with Gasteiger partial charge in [-0.1, -0.05) is 13.8 Å². The molecule has 1 aliphatic rings. The molecule has 1 fully saturated rings. The Bertz CT molecular complexity index is 664. The van der Waals surface area contributed by atoms with Gasteiger partial charge in [0.25, 0.3) is 0 Å². The number of rotatable bonds is 12. The molecular formula is C22H35FO10. The molecule has 190 valence electrons. The largest absolute Gasteiger partial charge is 0.463 e. The Morgan fingerprint density at radius 2 is 1.42 bits per heavy atom. The quantitative estimate of drug-likeness (QED) is 0.178. The third kappa shape index (κ3) is 7.92. The highest BCUT2D eigenvalue weighted by atomic mass is 19.1. The second kappa shape index (κ2) is 13.4. The SMILES string of the molecule is CCOC(=O)C(F)(CCCOC1O[C@H](CC)[C@@H](C)[C@H](OC(C)=O)[C@@H]1OC(C)=O)C(=O)OCC. The molecule has 0 spiro atoms. The van der Waals surface area contributed by atoms with Crippen LogP contribution < -0.4 is 0 Å². The number of carbonyl (C=O) groups excluding carboxylic acids is 4. The van der Waals surface area contributed by atoms with Gasteiger partial charge in [-0.2, -0.15) is 0 Å². The minimum Gasteiger partial charge on any atom is -0.463 e. The second-order valence-corrected chi connectivity index (χ2v) is 7.67. The smallest absolute Gasteiger partial charge is 0.355 e. The lowest BCUT2D eigenvalue weighted by Gasteiger charge is -2.44. The Hall–Kier alpha value is -2.27. The third-order valence-electron chi connectivity index (χ3n) is 5.16. The first-order valence-corrected chi connectivity index (χ1v) is 11.2. The number of alkyl halides is 1. The lowest BCUT2D eigenvalue weighted by atomic mass is 9.89. The average molecular weight is 479 g/mol. The predicted octanol–water partition coefficient (Wildman–Crippen LogP) is 2.25. The first kappa shape index (κ1) is 28.8. The van der Waals surface area contributed by atoms with Crippen molar-refractivity contribution in [3.8, 4) is 0 Å². The zero-order valence-electron chi connectivity index (χ0n) is 20.1. The summed E-state index contributed by atoms with van der Waals surface area (Å²) in [6.45, 7) is 8.77. The molecule has 0 aromatic carbocycles. The van der Waals surface area contributed by atoms with Gasteiger partial charge in [-0.3, -0.25) is 9.59 Å². The van der Waals surface area contributed by atoms with Crippen molar-refractivity contribution in [2.75, 3.05) is 19.8 Å². The van der Waals surface area contributed by atoms with Crippen molar-refractivity contribution in [2.45, 2.75) is 91.1 Å². The summed E-state index contributed by atoms with van der Waals surface area (Å²) < 4.78 is 46.9. The maximum Gasteiger partial charge on any atom is 0.355 e. The van der Waals surface area contributed by atoms with Crippen molar-refractivity contribution in [2.24, 2.45) is 5.92 Å². The summed E-state index contributed by atoms with van der Waals surface area (Å²) in [7, 11) is 0. The molecule has 1 saturated heterocycles. The van der Waals surface area contributed by atoms with Gasteiger partial charge in [-0.15, -0.1) is 0 Å². The molecule has 1 heterocycles. The van der Waals surface area contributed by atoms with Crippen molar-refractivity contribution >= 4 is 23.9 Å². The number of ether oxygens (including phenoxy) is 6. The number of halogens is 1. The van der Waals surface area contributed by atoms with Crippen LogP contribution in [0.2, 0.25) is 0 Å². The van der Waals surface area contributed by atoms with E-state index in [1.807, 2.05) is 13.8 Å². The summed E-state index contributed by atoms with van der Waals surface area (Å²) in [5.41, 5.74) is -2.97. The molecule has 1 unspecified atom stereocenters. The lowest BCUT2D eigenvalue weighted by molar-refractivity contribution is -0.290. The van der Waals surface area contributed by atoms with Crippen LogP contribution in [0.1, 0.15) is 60.8 Å². The molecule has 0 radical (unpaired) electrons. The molecule has 0 aromatic rings. The van der Waals surface area contributed by atoms with Gasteiger partial charge in [0.1, 0.15) is 6.10 Å². The summed E-state index contributed by atoms with van der Waals surface area (Å²) in [5, 5.41) is 0. The predicted molar refractivity (Wildman–Crippen MR) is 112 cm³/mol. The Morgan fingerprint density at radius 3 is 1.88 bits per heavy atom. The molecule has 33 heavy (non-hydrogen) atoms. The highest BCUT2D eigenvalue weighted by Gasteiger charge is 2.50. The van der Waals surface area contributed by atoms with E-state index in [1.165, 1.54) is 27.7 Å². The molecule has 0 bridgehead atoms. The molecule has 5 atom stereocenters. The van der Waals surface area contributed by atoms with E-state index < -0.39 is 54.5 Å². The van der Waals surface area contributed by atoms with E-state index in [-0.39, 0.29) is 38.3 Å². The monoisotopic (exact) mass is 478 g/mol. The molecule has 0 N–H and O–H groups in total. The summed E-state index contributed by atoms with van der Waals surface area (Å²) >= 11 is 0. The molecule has 1 aliphatic heterocycles. The molecule has 1 rings (SSSR count). The van der Waals surface area contributed by atoms with Gasteiger partial charge in [-0.25, -0.2) is 14.0 Å².